The lowest BCUT2D eigenvalue weighted by atomic mass is 9.23. The average Bonchev–Trinajstić information content (AvgIpc) is 2.78. The van der Waals surface area contributed by atoms with Gasteiger partial charge >= 0.3 is 0 Å². The molecule has 5 nitrogen and oxygen atoms in total. The normalized spacial score (nSPS) is 21.6. The van der Waals surface area contributed by atoms with Crippen LogP contribution in [0.3, 0.4) is 0 Å². The Morgan fingerprint density at radius 1 is 1.03 bits per heavy atom. The fourth-order valence-corrected chi connectivity index (χ4v) is 4.25. The highest BCUT2D eigenvalue weighted by Crippen LogP contribution is 2.55. The number of alkyl halides is 1. The van der Waals surface area contributed by atoms with Gasteiger partial charge in [0.25, 0.3) is 5.91 Å². The molecule has 2 aromatic rings. The van der Waals surface area contributed by atoms with Crippen molar-refractivity contribution in [3.63, 3.8) is 0 Å². The van der Waals surface area contributed by atoms with Crippen molar-refractivity contribution in [1.82, 2.24) is 20.2 Å². The van der Waals surface area contributed by atoms with E-state index in [4.69, 9.17) is 97.9 Å². The number of nitrogens with one attached hydrogen (secondary N) is 1. The van der Waals surface area contributed by atoms with E-state index in [2.05, 4.69) is 15.3 Å². The van der Waals surface area contributed by atoms with Crippen molar-refractivity contribution < 1.29 is 13.6 Å². The Kier molecular flexibility index (Phi) is 8.11. The van der Waals surface area contributed by atoms with Gasteiger partial charge in [0.1, 0.15) is 17.3 Å². The molecule has 1 saturated heterocycles. The Hall–Kier alpha value is -1.41. The van der Waals surface area contributed by atoms with Crippen LogP contribution in [0.2, 0.25) is 10.2 Å². The number of rotatable bonds is 6. The number of aromatic nitrogens is 2. The highest BCUT2D eigenvalue weighted by molar-refractivity contribution is 6.59. The van der Waals surface area contributed by atoms with Gasteiger partial charge < -0.3 is 10.2 Å². The Balaban J connectivity index is 1.93. The maximum absolute atomic E-state index is 16.7. The fourth-order valence-electron chi connectivity index (χ4n) is 4.06. The number of piperidine rings is 1. The molecule has 3 rings (SSSR count). The van der Waals surface area contributed by atoms with Gasteiger partial charge in [0.2, 0.25) is 0 Å². The second-order valence-corrected chi connectivity index (χ2v) is 9.83. The fraction of sp³-hybridized carbons (Fsp3) is 0.421. The number of amides is 1. The van der Waals surface area contributed by atoms with Crippen LogP contribution < -0.4 is 5.32 Å². The largest absolute Gasteiger partial charge is 0.351 e. The zero-order valence-electron chi connectivity index (χ0n) is 20.0. The molecule has 1 aromatic heterocycles. The lowest BCUT2D eigenvalue weighted by molar-refractivity contribution is -0.00355. The summed E-state index contributed by atoms with van der Waals surface area (Å²) in [6.07, 6.45) is 1.55. The van der Waals surface area contributed by atoms with Crippen LogP contribution in [0.5, 0.6) is 0 Å². The summed E-state index contributed by atoms with van der Waals surface area (Å²) in [7, 11) is 65.5. The molecule has 166 valence electrons. The SMILES string of the molecule is [B]C([B])([B])c1cnc(C([B])([B])NC([B])([B])C2(F)CCN(C(=O)c3ccc(F)c(Cl)c3)C([B])([B])C2([B])[B])nc1. The van der Waals surface area contributed by atoms with Crippen LogP contribution in [-0.2, 0) is 10.5 Å². The molecule has 1 fully saturated rings. The summed E-state index contributed by atoms with van der Waals surface area (Å²) in [6.45, 7) is -0.496. The minimum atomic E-state index is -3.08. The van der Waals surface area contributed by atoms with E-state index in [0.29, 0.717) is 0 Å². The van der Waals surface area contributed by atoms with Crippen molar-refractivity contribution in [3.05, 3.63) is 58.4 Å². The van der Waals surface area contributed by atoms with Crippen LogP contribution in [0.15, 0.2) is 30.6 Å². The van der Waals surface area contributed by atoms with E-state index in [1.165, 1.54) is 0 Å². The zero-order valence-corrected chi connectivity index (χ0v) is 20.8. The standard InChI is InChI=1S/C19H10B11ClF2N4O/c20-15(21,22)9-6-34-13(35-7-9)16(23,24)36-18(27,28)14(33)3-4-37(19(29,30)17(14,25)26)12(38)8-1-2-11(32)10(31)5-8/h1-2,5-7,36H,3-4H2. The van der Waals surface area contributed by atoms with Crippen LogP contribution in [-0.4, -0.2) is 130 Å². The van der Waals surface area contributed by atoms with Crippen molar-refractivity contribution in [1.29, 1.82) is 0 Å². The number of hydrogen-bond donors (Lipinski definition) is 1. The van der Waals surface area contributed by atoms with Crippen molar-refractivity contribution >= 4 is 104 Å². The third kappa shape index (κ3) is 5.21. The minimum absolute atomic E-state index is 0.115. The first-order chi connectivity index (χ1) is 17.1. The van der Waals surface area contributed by atoms with Gasteiger partial charge in [0.15, 0.2) is 0 Å². The Morgan fingerprint density at radius 2 is 1.58 bits per heavy atom. The van der Waals surface area contributed by atoms with Crippen LogP contribution in [0.4, 0.5) is 8.78 Å². The predicted molar refractivity (Wildman–Crippen MR) is 151 cm³/mol. The first-order valence-corrected chi connectivity index (χ1v) is 11.2. The molecule has 1 aromatic carbocycles. The molecule has 22 radical (unpaired) electrons. The molecule has 0 spiro atoms. The Bertz CT molecular complexity index is 1230. The molecule has 19 heteroatoms. The van der Waals surface area contributed by atoms with Crippen molar-refractivity contribution in [2.75, 3.05) is 6.54 Å². The average molecular weight is 503 g/mol. The van der Waals surface area contributed by atoms with Gasteiger partial charge in [-0.25, -0.2) is 18.7 Å². The summed E-state index contributed by atoms with van der Waals surface area (Å²) in [5.41, 5.74) is -3.08. The molecule has 1 amide bonds. The zero-order chi connectivity index (χ0) is 29.1. The number of nitrogens with zero attached hydrogens (tertiary/aromatic N) is 3. The van der Waals surface area contributed by atoms with Crippen LogP contribution in [0, 0.1) is 5.82 Å². The van der Waals surface area contributed by atoms with E-state index in [1.54, 1.807) is 0 Å². The molecule has 0 bridgehead atoms. The topological polar surface area (TPSA) is 58.1 Å². The molecule has 1 aliphatic rings. The molecular weight excluding hydrogens is 493 g/mol. The van der Waals surface area contributed by atoms with Gasteiger partial charge in [0, 0.05) is 24.5 Å². The van der Waals surface area contributed by atoms with Gasteiger partial charge in [-0.2, -0.15) is 0 Å². The van der Waals surface area contributed by atoms with E-state index in [1.807, 2.05) is 0 Å². The summed E-state index contributed by atoms with van der Waals surface area (Å²) in [6, 6.07) is 3.10. The molecule has 2 heterocycles. The number of carbonyl (C=O) groups excluding carboxylic acids is 1. The van der Waals surface area contributed by atoms with E-state index < -0.39 is 56.7 Å². The summed E-state index contributed by atoms with van der Waals surface area (Å²) >= 11 is 5.76. The van der Waals surface area contributed by atoms with Crippen LogP contribution in [0.25, 0.3) is 0 Å². The molecule has 0 saturated carbocycles. The number of benzene rings is 1. The van der Waals surface area contributed by atoms with E-state index in [9.17, 15) is 9.18 Å². The highest BCUT2D eigenvalue weighted by Gasteiger charge is 2.63. The summed E-state index contributed by atoms with van der Waals surface area (Å²) in [5, 5.41) is -10.3. The van der Waals surface area contributed by atoms with E-state index in [-0.39, 0.29) is 22.0 Å². The van der Waals surface area contributed by atoms with Gasteiger partial charge in [-0.1, -0.05) is 16.8 Å². The molecule has 1 aliphatic heterocycles. The second-order valence-electron chi connectivity index (χ2n) is 9.42. The number of hydrogen-bond acceptors (Lipinski definition) is 4. The molecule has 1 unspecified atom stereocenters. The number of carbonyl (C=O) groups is 1. The van der Waals surface area contributed by atoms with Gasteiger partial charge in [-0.3, -0.25) is 4.79 Å². The van der Waals surface area contributed by atoms with Crippen LogP contribution in [0.1, 0.15) is 28.2 Å². The maximum Gasteiger partial charge on any atom is 0.252 e. The smallest absolute Gasteiger partial charge is 0.252 e. The van der Waals surface area contributed by atoms with Crippen LogP contribution >= 0.6 is 11.6 Å². The first kappa shape index (κ1) is 31.1. The first-order valence-electron chi connectivity index (χ1n) is 10.8. The molecule has 1 atom stereocenters. The third-order valence-corrected chi connectivity index (χ3v) is 6.74. The monoisotopic (exact) mass is 504 g/mol. The quantitative estimate of drug-likeness (QED) is 0.448. The van der Waals surface area contributed by atoms with Crippen molar-refractivity contribution in [3.8, 4) is 0 Å². The second kappa shape index (κ2) is 9.90. The Morgan fingerprint density at radius 3 is 2.08 bits per heavy atom. The number of halogens is 3. The lowest BCUT2D eigenvalue weighted by Gasteiger charge is -2.67. The molecule has 38 heavy (non-hydrogen) atoms. The van der Waals surface area contributed by atoms with Gasteiger partial charge in [-0.05, 0) is 46.2 Å². The molecule has 1 N–H and O–H groups in total. The highest BCUT2D eigenvalue weighted by atomic mass is 35.5. The predicted octanol–water partition coefficient (Wildman–Crippen LogP) is -2.39. The summed E-state index contributed by atoms with van der Waals surface area (Å²) in [4.78, 5) is 21.7. The third-order valence-electron chi connectivity index (χ3n) is 6.45. The van der Waals surface area contributed by atoms with E-state index in [0.717, 1.165) is 35.5 Å². The van der Waals surface area contributed by atoms with Crippen molar-refractivity contribution in [2.24, 2.45) is 0 Å². The van der Waals surface area contributed by atoms with Gasteiger partial charge in [0.05, 0.1) is 91.3 Å². The number of likely N-dealkylation sites (tertiary alicyclic amines) is 1. The molecule has 0 aliphatic carbocycles. The van der Waals surface area contributed by atoms with Crippen molar-refractivity contribution in [2.45, 2.75) is 38.4 Å². The molecular formula is C19H10B11ClF2N4O. The lowest BCUT2D eigenvalue weighted by Crippen LogP contribution is -2.80. The minimum Gasteiger partial charge on any atom is -0.351 e. The maximum atomic E-state index is 16.7. The summed E-state index contributed by atoms with van der Waals surface area (Å²) < 4.78 is 30.3. The Labute approximate surface area is 240 Å². The van der Waals surface area contributed by atoms with Gasteiger partial charge in [-0.15, -0.1) is 5.11 Å². The summed E-state index contributed by atoms with van der Waals surface area (Å²) in [5.74, 6) is -1.98. The van der Waals surface area contributed by atoms with E-state index >= 15 is 4.39 Å².